The molecule has 0 aliphatic heterocycles. The lowest BCUT2D eigenvalue weighted by atomic mass is 10.1. The fourth-order valence-electron chi connectivity index (χ4n) is 2.72. The van der Waals surface area contributed by atoms with E-state index in [1.54, 1.807) is 6.07 Å². The minimum Gasteiger partial charge on any atom is -0.491 e. The van der Waals surface area contributed by atoms with E-state index in [9.17, 15) is 9.59 Å². The molecule has 0 bridgehead atoms. The zero-order valence-corrected chi connectivity index (χ0v) is 16.3. The van der Waals surface area contributed by atoms with Crippen LogP contribution in [-0.4, -0.2) is 28.1 Å². The van der Waals surface area contributed by atoms with Crippen LogP contribution in [-0.2, 0) is 17.8 Å². The molecule has 142 valence electrons. The Labute approximate surface area is 161 Å². The van der Waals surface area contributed by atoms with Gasteiger partial charge in [0.05, 0.1) is 17.8 Å². The first-order valence-electron chi connectivity index (χ1n) is 8.98. The molecule has 0 fully saturated rings. The summed E-state index contributed by atoms with van der Waals surface area (Å²) in [4.78, 5) is 29.3. The molecular weight excluding hydrogens is 362 g/mol. The molecule has 1 amide bonds. The van der Waals surface area contributed by atoms with Crippen LogP contribution >= 0.6 is 11.3 Å². The fourth-order valence-corrected chi connectivity index (χ4v) is 3.44. The summed E-state index contributed by atoms with van der Waals surface area (Å²) in [6.45, 7) is 4.86. The van der Waals surface area contributed by atoms with E-state index in [1.807, 2.05) is 43.5 Å². The summed E-state index contributed by atoms with van der Waals surface area (Å²) in [5, 5.41) is 5.35. The predicted octanol–water partition coefficient (Wildman–Crippen LogP) is 2.99. The van der Waals surface area contributed by atoms with Crippen LogP contribution in [0.1, 0.15) is 25.8 Å². The van der Waals surface area contributed by atoms with Gasteiger partial charge in [0.1, 0.15) is 10.6 Å². The Balaban J connectivity index is 1.44. The number of fused-ring (bicyclic) bond motifs is 1. The molecule has 0 saturated carbocycles. The van der Waals surface area contributed by atoms with Gasteiger partial charge in [-0.2, -0.15) is 0 Å². The number of nitrogens with zero attached hydrogens (tertiary/aromatic N) is 2. The number of aromatic nitrogens is 2. The SMILES string of the molecule is CC(C)Oc1ccc(CCNC(=O)CCn2cnc3sccc3c2=O)cc1. The second kappa shape index (κ2) is 8.81. The minimum atomic E-state index is -0.0993. The number of hydrogen-bond acceptors (Lipinski definition) is 5. The summed E-state index contributed by atoms with van der Waals surface area (Å²) < 4.78 is 7.10. The van der Waals surface area contributed by atoms with E-state index in [2.05, 4.69) is 10.3 Å². The zero-order valence-electron chi connectivity index (χ0n) is 15.5. The highest BCUT2D eigenvalue weighted by Crippen LogP contribution is 2.14. The van der Waals surface area contributed by atoms with Crippen molar-refractivity contribution < 1.29 is 9.53 Å². The largest absolute Gasteiger partial charge is 0.491 e. The molecule has 2 heterocycles. The van der Waals surface area contributed by atoms with Crippen LogP contribution < -0.4 is 15.6 Å². The molecule has 2 aromatic heterocycles. The topological polar surface area (TPSA) is 73.2 Å². The van der Waals surface area contributed by atoms with Gasteiger partial charge >= 0.3 is 0 Å². The quantitative estimate of drug-likeness (QED) is 0.647. The van der Waals surface area contributed by atoms with Gasteiger partial charge in [0.25, 0.3) is 5.56 Å². The lowest BCUT2D eigenvalue weighted by molar-refractivity contribution is -0.121. The highest BCUT2D eigenvalue weighted by Gasteiger charge is 2.07. The minimum absolute atomic E-state index is 0.0768. The van der Waals surface area contributed by atoms with E-state index in [0.717, 1.165) is 22.6 Å². The molecule has 3 aromatic rings. The van der Waals surface area contributed by atoms with Crippen molar-refractivity contribution in [3.8, 4) is 5.75 Å². The summed E-state index contributed by atoms with van der Waals surface area (Å²) >= 11 is 1.44. The number of carbonyl (C=O) groups is 1. The van der Waals surface area contributed by atoms with E-state index in [0.29, 0.717) is 18.5 Å². The molecule has 3 rings (SSSR count). The average Bonchev–Trinajstić information content (AvgIpc) is 3.12. The summed E-state index contributed by atoms with van der Waals surface area (Å²) in [6.07, 6.45) is 2.65. The maximum Gasteiger partial charge on any atom is 0.262 e. The van der Waals surface area contributed by atoms with Crippen molar-refractivity contribution in [2.75, 3.05) is 6.54 Å². The molecule has 27 heavy (non-hydrogen) atoms. The van der Waals surface area contributed by atoms with Crippen LogP contribution in [0.2, 0.25) is 0 Å². The molecular formula is C20H23N3O3S. The monoisotopic (exact) mass is 385 g/mol. The molecule has 0 radical (unpaired) electrons. The van der Waals surface area contributed by atoms with Crippen LogP contribution in [0.4, 0.5) is 0 Å². The molecule has 6 nitrogen and oxygen atoms in total. The number of rotatable bonds is 8. The third-order valence-corrected chi connectivity index (χ3v) is 4.88. The maximum atomic E-state index is 12.3. The van der Waals surface area contributed by atoms with Crippen LogP contribution in [0.3, 0.4) is 0 Å². The number of amides is 1. The van der Waals surface area contributed by atoms with Gasteiger partial charge in [-0.15, -0.1) is 11.3 Å². The van der Waals surface area contributed by atoms with Crippen molar-refractivity contribution in [3.63, 3.8) is 0 Å². The number of nitrogens with one attached hydrogen (secondary N) is 1. The number of thiophene rings is 1. The normalized spacial score (nSPS) is 11.1. The summed E-state index contributed by atoms with van der Waals surface area (Å²) in [5.41, 5.74) is 1.03. The van der Waals surface area contributed by atoms with Crippen LogP contribution in [0.5, 0.6) is 5.75 Å². The van der Waals surface area contributed by atoms with Gasteiger partial charge in [-0.3, -0.25) is 14.2 Å². The van der Waals surface area contributed by atoms with Gasteiger partial charge in [0, 0.05) is 19.5 Å². The smallest absolute Gasteiger partial charge is 0.262 e. The Morgan fingerprint density at radius 2 is 2.04 bits per heavy atom. The molecule has 1 N–H and O–H groups in total. The third-order valence-electron chi connectivity index (χ3n) is 4.06. The first-order chi connectivity index (χ1) is 13.0. The lowest BCUT2D eigenvalue weighted by Crippen LogP contribution is -2.28. The molecule has 0 atom stereocenters. The highest BCUT2D eigenvalue weighted by molar-refractivity contribution is 7.16. The Hall–Kier alpha value is -2.67. The van der Waals surface area contributed by atoms with E-state index >= 15 is 0 Å². The number of ether oxygens (including phenoxy) is 1. The molecule has 0 unspecified atom stereocenters. The molecule has 0 aliphatic rings. The average molecular weight is 385 g/mol. The van der Waals surface area contributed by atoms with Crippen LogP contribution in [0.25, 0.3) is 10.2 Å². The zero-order chi connectivity index (χ0) is 19.2. The van der Waals surface area contributed by atoms with Crippen molar-refractivity contribution in [2.24, 2.45) is 0 Å². The highest BCUT2D eigenvalue weighted by atomic mass is 32.1. The van der Waals surface area contributed by atoms with Crippen molar-refractivity contribution in [3.05, 3.63) is 58.0 Å². The van der Waals surface area contributed by atoms with Crippen molar-refractivity contribution in [1.82, 2.24) is 14.9 Å². The molecule has 0 spiro atoms. The first-order valence-corrected chi connectivity index (χ1v) is 9.86. The molecule has 0 saturated heterocycles. The molecule has 0 aliphatic carbocycles. The second-order valence-electron chi connectivity index (χ2n) is 6.54. The molecule has 1 aromatic carbocycles. The Kier molecular flexibility index (Phi) is 6.24. The van der Waals surface area contributed by atoms with Gasteiger partial charge in [-0.05, 0) is 49.4 Å². The Bertz CT molecular complexity index is 961. The summed E-state index contributed by atoms with van der Waals surface area (Å²) in [7, 11) is 0. The van der Waals surface area contributed by atoms with Gasteiger partial charge in [0.15, 0.2) is 0 Å². The predicted molar refractivity (Wildman–Crippen MR) is 107 cm³/mol. The van der Waals surface area contributed by atoms with Gasteiger partial charge < -0.3 is 10.1 Å². The summed E-state index contributed by atoms with van der Waals surface area (Å²) in [5.74, 6) is 0.770. The van der Waals surface area contributed by atoms with Gasteiger partial charge in [-0.25, -0.2) is 4.98 Å². The van der Waals surface area contributed by atoms with E-state index < -0.39 is 0 Å². The second-order valence-corrected chi connectivity index (χ2v) is 7.44. The summed E-state index contributed by atoms with van der Waals surface area (Å²) in [6, 6.07) is 9.66. The molecule has 7 heteroatoms. The Morgan fingerprint density at radius 1 is 1.26 bits per heavy atom. The maximum absolute atomic E-state index is 12.3. The number of carbonyl (C=O) groups excluding carboxylic acids is 1. The van der Waals surface area contributed by atoms with E-state index in [1.165, 1.54) is 22.2 Å². The van der Waals surface area contributed by atoms with E-state index in [4.69, 9.17) is 4.74 Å². The van der Waals surface area contributed by atoms with Crippen LogP contribution in [0, 0.1) is 0 Å². The first kappa shape index (κ1) is 19.1. The third kappa shape index (κ3) is 5.17. The number of hydrogen-bond donors (Lipinski definition) is 1. The number of benzene rings is 1. The van der Waals surface area contributed by atoms with Crippen LogP contribution in [0.15, 0.2) is 46.8 Å². The Morgan fingerprint density at radius 3 is 2.78 bits per heavy atom. The lowest BCUT2D eigenvalue weighted by Gasteiger charge is -2.10. The van der Waals surface area contributed by atoms with Crippen molar-refractivity contribution in [2.45, 2.75) is 39.3 Å². The fraction of sp³-hybridized carbons (Fsp3) is 0.350. The van der Waals surface area contributed by atoms with Crippen molar-refractivity contribution >= 4 is 27.5 Å². The van der Waals surface area contributed by atoms with E-state index in [-0.39, 0.29) is 24.0 Å². The number of aryl methyl sites for hydroxylation is 1. The standard InChI is InChI=1S/C20H23N3O3S/c1-14(2)26-16-5-3-15(4-6-16)7-10-21-18(24)8-11-23-13-22-19-17(20(23)25)9-12-27-19/h3-6,9,12-14H,7-8,10-11H2,1-2H3,(H,21,24). The van der Waals surface area contributed by atoms with Crippen molar-refractivity contribution in [1.29, 1.82) is 0 Å². The van der Waals surface area contributed by atoms with Gasteiger partial charge in [0.2, 0.25) is 5.91 Å². The van der Waals surface area contributed by atoms with Gasteiger partial charge in [-0.1, -0.05) is 12.1 Å².